The predicted molar refractivity (Wildman–Crippen MR) is 255 cm³/mol. The Morgan fingerprint density at radius 1 is 0.971 bits per heavy atom. The van der Waals surface area contributed by atoms with Crippen LogP contribution in [0, 0.1) is 25.2 Å². The fourth-order valence-electron chi connectivity index (χ4n) is 11.0. The maximum atomic E-state index is 14.7. The second-order valence-corrected chi connectivity index (χ2v) is 20.1. The van der Waals surface area contributed by atoms with Gasteiger partial charge in [0, 0.05) is 58.9 Å². The van der Waals surface area contributed by atoms with E-state index in [-0.39, 0.29) is 49.7 Å². The molecule has 2 unspecified atom stereocenters. The Bertz CT molecular complexity index is 2580. The molecule has 1 amide bonds. The molecular formula is C52H60N4O11S. The average molecular weight is 949 g/mol. The van der Waals surface area contributed by atoms with Gasteiger partial charge in [0.05, 0.1) is 38.5 Å². The number of methoxy groups -OCH3 is 2. The lowest BCUT2D eigenvalue weighted by Gasteiger charge is -2.59. The number of rotatable bonds is 15. The van der Waals surface area contributed by atoms with E-state index in [0.29, 0.717) is 71.5 Å². The van der Waals surface area contributed by atoms with Crippen molar-refractivity contribution in [1.82, 2.24) is 15.1 Å². The molecule has 4 aromatic carbocycles. The van der Waals surface area contributed by atoms with E-state index in [1.807, 2.05) is 38.2 Å². The van der Waals surface area contributed by atoms with Crippen LogP contribution < -0.4 is 24.3 Å². The van der Waals surface area contributed by atoms with E-state index >= 15 is 0 Å². The molecule has 5 aliphatic rings. The number of amides is 1. The number of phenols is 1. The molecule has 68 heavy (non-hydrogen) atoms. The first-order chi connectivity index (χ1) is 32.8. The third-order valence-electron chi connectivity index (χ3n) is 13.9. The molecule has 1 aliphatic carbocycles. The van der Waals surface area contributed by atoms with Crippen molar-refractivity contribution < 1.29 is 52.6 Å². The van der Waals surface area contributed by atoms with Crippen LogP contribution >= 0.6 is 11.8 Å². The summed E-state index contributed by atoms with van der Waals surface area (Å²) >= 11 is 1.55. The topological polar surface area (TPSA) is 171 Å². The van der Waals surface area contributed by atoms with Crippen LogP contribution in [0.2, 0.25) is 0 Å². The van der Waals surface area contributed by atoms with Crippen molar-refractivity contribution in [2.45, 2.75) is 95.2 Å². The monoisotopic (exact) mass is 948 g/mol. The molecule has 15 nitrogen and oxygen atoms in total. The maximum absolute atomic E-state index is 14.7. The molecule has 360 valence electrons. The van der Waals surface area contributed by atoms with Gasteiger partial charge >= 0.3 is 12.1 Å². The lowest BCUT2D eigenvalue weighted by Crippen LogP contribution is -2.68. The summed E-state index contributed by atoms with van der Waals surface area (Å²) in [6.07, 6.45) is 0.0853. The molecule has 0 radical (unpaired) electrons. The zero-order valence-corrected chi connectivity index (χ0v) is 40.7. The molecule has 2 N–H and O–H groups in total. The predicted octanol–water partition coefficient (Wildman–Crippen LogP) is 7.50. The van der Waals surface area contributed by atoms with Crippen LogP contribution in [0.5, 0.6) is 28.7 Å². The number of aromatic hydroxyl groups is 1. The number of benzene rings is 4. The van der Waals surface area contributed by atoms with Gasteiger partial charge in [0.15, 0.2) is 29.8 Å². The molecule has 9 rings (SSSR count). The molecule has 1 fully saturated rings. The fourth-order valence-corrected chi connectivity index (χ4v) is 12.2. The molecule has 1 saturated heterocycles. The van der Waals surface area contributed by atoms with E-state index in [0.717, 1.165) is 16.7 Å². The summed E-state index contributed by atoms with van der Waals surface area (Å²) in [7, 11) is 5.24. The number of fused-ring (bicyclic) bond motifs is 12. The van der Waals surface area contributed by atoms with Gasteiger partial charge in [-0.3, -0.25) is 9.80 Å². The lowest BCUT2D eigenvalue weighted by atomic mass is 9.71. The summed E-state index contributed by atoms with van der Waals surface area (Å²) in [6, 6.07) is 17.8. The Labute approximate surface area is 401 Å². The van der Waals surface area contributed by atoms with Gasteiger partial charge in [-0.25, -0.2) is 9.59 Å². The van der Waals surface area contributed by atoms with Gasteiger partial charge in [0.25, 0.3) is 0 Å². The van der Waals surface area contributed by atoms with Crippen LogP contribution in [0.1, 0.15) is 83.3 Å². The number of hydrogen-bond donors (Lipinski definition) is 2. The zero-order valence-electron chi connectivity index (χ0n) is 39.9. The number of likely N-dealkylation sites (N-methyl/N-ethyl adjacent to an activating group) is 1. The van der Waals surface area contributed by atoms with Crippen molar-refractivity contribution in [2.24, 2.45) is 0 Å². The van der Waals surface area contributed by atoms with E-state index < -0.39 is 41.8 Å². The number of esters is 1. The summed E-state index contributed by atoms with van der Waals surface area (Å²) in [4.78, 5) is 32.4. The number of nitriles is 1. The first-order valence-corrected chi connectivity index (χ1v) is 24.3. The molecule has 2 bridgehead atoms. The summed E-state index contributed by atoms with van der Waals surface area (Å²) in [5.74, 6) is 2.30. The first-order valence-electron chi connectivity index (χ1n) is 23.1. The highest BCUT2D eigenvalue weighted by Gasteiger charge is 2.57. The number of nitrogens with zero attached hydrogens (tertiary/aromatic N) is 3. The van der Waals surface area contributed by atoms with E-state index in [1.54, 1.807) is 53.7 Å². The van der Waals surface area contributed by atoms with Gasteiger partial charge in [-0.2, -0.15) is 17.0 Å². The van der Waals surface area contributed by atoms with Crippen molar-refractivity contribution in [3.63, 3.8) is 0 Å². The molecule has 0 aromatic heterocycles. The van der Waals surface area contributed by atoms with Gasteiger partial charge in [0.1, 0.15) is 30.0 Å². The van der Waals surface area contributed by atoms with Crippen LogP contribution in [0.25, 0.3) is 11.1 Å². The maximum Gasteiger partial charge on any atom is 0.408 e. The van der Waals surface area contributed by atoms with E-state index in [9.17, 15) is 20.0 Å². The molecule has 16 heteroatoms. The Balaban J connectivity index is 1.06. The van der Waals surface area contributed by atoms with Gasteiger partial charge in [-0.15, -0.1) is 0 Å². The fraction of sp³-hybridized carbons (Fsp3) is 0.481. The van der Waals surface area contributed by atoms with Crippen LogP contribution in [-0.4, -0.2) is 123 Å². The lowest BCUT2D eigenvalue weighted by molar-refractivity contribution is -0.151. The number of phenolic OH excluding ortho intramolecular Hbond substituents is 1. The Kier molecular flexibility index (Phi) is 13.5. The average Bonchev–Trinajstić information content (AvgIpc) is 3.93. The number of aryl methyl sites for hydroxylation is 1. The molecule has 4 aliphatic heterocycles. The Hall–Kier alpha value is -5.70. The Morgan fingerprint density at radius 2 is 1.68 bits per heavy atom. The van der Waals surface area contributed by atoms with Gasteiger partial charge in [-0.1, -0.05) is 54.6 Å². The number of ether oxygens (including phenoxy) is 8. The molecule has 0 saturated carbocycles. The first kappa shape index (κ1) is 47.4. The van der Waals surface area contributed by atoms with E-state index in [1.165, 1.54) is 22.3 Å². The highest BCUT2D eigenvalue weighted by Crippen LogP contribution is 2.58. The summed E-state index contributed by atoms with van der Waals surface area (Å²) in [5, 5.41) is 26.1. The van der Waals surface area contributed by atoms with Gasteiger partial charge in [-0.05, 0) is 87.9 Å². The zero-order chi connectivity index (χ0) is 48.0. The van der Waals surface area contributed by atoms with Crippen molar-refractivity contribution in [2.75, 3.05) is 66.2 Å². The number of nitrogens with one attached hydrogen (secondary N) is 1. The number of thioether (sulfide) groups is 1. The second kappa shape index (κ2) is 19.4. The summed E-state index contributed by atoms with van der Waals surface area (Å²) in [6.45, 7) is 9.45. The van der Waals surface area contributed by atoms with Crippen LogP contribution in [0.3, 0.4) is 0 Å². The summed E-state index contributed by atoms with van der Waals surface area (Å²) < 4.78 is 47.6. The highest BCUT2D eigenvalue weighted by atomic mass is 32.2. The molecule has 4 aromatic rings. The SMILES string of the molecule is COCCOCOc1c(OC)c(C)cc2c1C1C3Cc4c(O)c(C)c5c(c4[C@H](COC(=O)[C@@H](CSCC4c6ccccc6-c6ccccc64)NC(=O)OC(C)(C)C)N3[C@@H](C#N)[C@H](C2)N1C)OCO5. The number of alkyl carbamates (subject to hydrolysis) is 1. The largest absolute Gasteiger partial charge is 0.507 e. The number of piperazine rings is 1. The highest BCUT2D eigenvalue weighted by molar-refractivity contribution is 7.99. The molecule has 6 atom stereocenters. The third-order valence-corrected chi connectivity index (χ3v) is 15.0. The second-order valence-electron chi connectivity index (χ2n) is 19.0. The summed E-state index contributed by atoms with van der Waals surface area (Å²) in [5.41, 5.74) is 8.57. The normalized spacial score (nSPS) is 21.6. The Morgan fingerprint density at radius 3 is 2.35 bits per heavy atom. The van der Waals surface area contributed by atoms with E-state index in [2.05, 4.69) is 51.5 Å². The quantitative estimate of drug-likeness (QED) is 0.0682. The van der Waals surface area contributed by atoms with Gasteiger partial charge in [0.2, 0.25) is 6.79 Å². The van der Waals surface area contributed by atoms with Crippen molar-refractivity contribution >= 4 is 23.8 Å². The minimum atomic E-state index is -1.09. The van der Waals surface area contributed by atoms with Crippen LogP contribution in [0.15, 0.2) is 54.6 Å². The van der Waals surface area contributed by atoms with Gasteiger partial charge < -0.3 is 48.3 Å². The third kappa shape index (κ3) is 8.57. The van der Waals surface area contributed by atoms with Crippen molar-refractivity contribution in [3.05, 3.63) is 99.1 Å². The van der Waals surface area contributed by atoms with Crippen molar-refractivity contribution in [3.8, 4) is 45.9 Å². The minimum Gasteiger partial charge on any atom is -0.507 e. The standard InChI is InChI=1S/C52H60N4O11S/c1-28-19-30-20-38-40(22-53)56-39(44(55(38)6)42(30)48(46(28)61-8)64-26-62-18-17-60-7)21-35-43(49-47(65-27-66-49)29(2)45(35)57)41(56)23-63-50(58)37(54-51(59)67-52(3,4)5)25-68-24-36-33-15-11-9-13-31(33)32-14-10-12-16-34(32)36/h9-16,19,36-41,44,57H,17-18,20-21,23-27H2,1-8H3,(H,54,59)/t37-,38+,39?,40+,41+,44?/m1/s1. The van der Waals surface area contributed by atoms with Crippen molar-refractivity contribution in [1.29, 1.82) is 5.26 Å². The number of hydrogen-bond acceptors (Lipinski definition) is 15. The van der Waals surface area contributed by atoms with E-state index in [4.69, 9.17) is 37.9 Å². The molecule has 0 spiro atoms. The molecular weight excluding hydrogens is 889 g/mol. The van der Waals surface area contributed by atoms with Crippen LogP contribution in [-0.2, 0) is 36.6 Å². The number of carbonyl (C=O) groups is 2. The molecule has 4 heterocycles. The number of carbonyl (C=O) groups excluding carboxylic acids is 2. The van der Waals surface area contributed by atoms with Crippen LogP contribution in [0.4, 0.5) is 4.79 Å². The minimum absolute atomic E-state index is 0.0480. The smallest absolute Gasteiger partial charge is 0.408 e.